The van der Waals surface area contributed by atoms with Crippen molar-refractivity contribution in [1.29, 1.82) is 0 Å². The second-order valence-electron chi connectivity index (χ2n) is 2.84. The minimum atomic E-state index is 0.137. The molecule has 0 saturated heterocycles. The largest absolute Gasteiger partial charge is 0.464 e. The molecule has 0 aliphatic carbocycles. The Kier molecular flexibility index (Phi) is 3.21. The second kappa shape index (κ2) is 4.63. The first kappa shape index (κ1) is 11.1. The maximum absolute atomic E-state index is 5.84. The van der Waals surface area contributed by atoms with Crippen molar-refractivity contribution >= 4 is 28.9 Å². The number of nitrogens with two attached hydrogens (primary N) is 1. The highest BCUT2D eigenvalue weighted by Crippen LogP contribution is 2.29. The Labute approximate surface area is 101 Å². The molecular formula is C9H9ClN4OS. The van der Waals surface area contributed by atoms with E-state index in [1.165, 1.54) is 11.3 Å². The second-order valence-corrected chi connectivity index (χ2v) is 4.55. The molecule has 5 nitrogen and oxygen atoms in total. The lowest BCUT2D eigenvalue weighted by Gasteiger charge is -2.03. The molecule has 0 spiro atoms. The summed E-state index contributed by atoms with van der Waals surface area (Å²) in [7, 11) is 0. The highest BCUT2D eigenvalue weighted by atomic mass is 35.5. The zero-order chi connectivity index (χ0) is 11.5. The van der Waals surface area contributed by atoms with Crippen LogP contribution in [0.2, 0.25) is 4.34 Å². The lowest BCUT2D eigenvalue weighted by atomic mass is 10.4. The van der Waals surface area contributed by atoms with Crippen molar-refractivity contribution in [2.75, 3.05) is 12.3 Å². The topological polar surface area (TPSA) is 73.9 Å². The minimum Gasteiger partial charge on any atom is -0.464 e. The van der Waals surface area contributed by atoms with Crippen LogP contribution in [-0.2, 0) is 0 Å². The maximum Gasteiger partial charge on any atom is 0.321 e. The van der Waals surface area contributed by atoms with E-state index in [2.05, 4.69) is 15.0 Å². The first-order chi connectivity index (χ1) is 7.69. The summed E-state index contributed by atoms with van der Waals surface area (Å²) in [6.45, 7) is 2.33. The third-order valence-electron chi connectivity index (χ3n) is 1.70. The molecule has 2 aromatic heterocycles. The van der Waals surface area contributed by atoms with Crippen LogP contribution in [0, 0.1) is 0 Å². The van der Waals surface area contributed by atoms with Gasteiger partial charge in [0.1, 0.15) is 0 Å². The van der Waals surface area contributed by atoms with Gasteiger partial charge in [-0.15, -0.1) is 11.3 Å². The molecule has 2 aromatic rings. The molecular weight excluding hydrogens is 248 g/mol. The van der Waals surface area contributed by atoms with E-state index in [4.69, 9.17) is 22.1 Å². The Morgan fingerprint density at radius 2 is 2.19 bits per heavy atom. The van der Waals surface area contributed by atoms with Crippen molar-refractivity contribution in [3.05, 3.63) is 16.5 Å². The summed E-state index contributed by atoms with van der Waals surface area (Å²) in [4.78, 5) is 12.9. The molecule has 2 N–H and O–H groups in total. The molecule has 0 aromatic carbocycles. The zero-order valence-corrected chi connectivity index (χ0v) is 10.0. The average molecular weight is 257 g/mol. The van der Waals surface area contributed by atoms with E-state index in [1.54, 1.807) is 6.07 Å². The van der Waals surface area contributed by atoms with Crippen molar-refractivity contribution in [2.24, 2.45) is 0 Å². The molecule has 2 heterocycles. The molecule has 0 amide bonds. The maximum atomic E-state index is 5.84. The van der Waals surface area contributed by atoms with Gasteiger partial charge in [0.25, 0.3) is 0 Å². The Balaban J connectivity index is 2.40. The molecule has 0 radical (unpaired) electrons. The van der Waals surface area contributed by atoms with Gasteiger partial charge in [-0.3, -0.25) is 0 Å². The normalized spacial score (nSPS) is 10.4. The number of nitrogen functional groups attached to an aromatic ring is 1. The fourth-order valence-corrected chi connectivity index (χ4v) is 2.09. The smallest absolute Gasteiger partial charge is 0.321 e. The molecule has 0 atom stereocenters. The molecule has 0 aliphatic rings. The number of hydrogen-bond acceptors (Lipinski definition) is 6. The lowest BCUT2D eigenvalue weighted by Crippen LogP contribution is -2.04. The van der Waals surface area contributed by atoms with Crippen molar-refractivity contribution in [1.82, 2.24) is 15.0 Å². The van der Waals surface area contributed by atoms with Gasteiger partial charge in [0.2, 0.25) is 5.95 Å². The summed E-state index contributed by atoms with van der Waals surface area (Å²) < 4.78 is 5.86. The monoisotopic (exact) mass is 256 g/mol. The number of aromatic nitrogens is 3. The van der Waals surface area contributed by atoms with Gasteiger partial charge in [-0.2, -0.15) is 15.0 Å². The van der Waals surface area contributed by atoms with Gasteiger partial charge in [0, 0.05) is 0 Å². The molecule has 0 fully saturated rings. The van der Waals surface area contributed by atoms with E-state index in [-0.39, 0.29) is 12.0 Å². The fraction of sp³-hybridized carbons (Fsp3) is 0.222. The zero-order valence-electron chi connectivity index (χ0n) is 8.48. The van der Waals surface area contributed by atoms with E-state index >= 15 is 0 Å². The molecule has 2 rings (SSSR count). The Hall–Kier alpha value is -1.40. The van der Waals surface area contributed by atoms with Gasteiger partial charge >= 0.3 is 6.01 Å². The molecule has 0 saturated carbocycles. The van der Waals surface area contributed by atoms with Crippen LogP contribution in [0.1, 0.15) is 6.92 Å². The van der Waals surface area contributed by atoms with E-state index in [0.29, 0.717) is 16.8 Å². The average Bonchev–Trinajstić information content (AvgIpc) is 2.64. The van der Waals surface area contributed by atoms with Gasteiger partial charge in [-0.1, -0.05) is 11.6 Å². The molecule has 84 valence electrons. The third kappa shape index (κ3) is 2.40. The number of rotatable bonds is 3. The Morgan fingerprint density at radius 3 is 2.81 bits per heavy atom. The van der Waals surface area contributed by atoms with Crippen LogP contribution in [-0.4, -0.2) is 21.6 Å². The summed E-state index contributed by atoms with van der Waals surface area (Å²) in [5.41, 5.74) is 5.56. The number of halogens is 1. The first-order valence-electron chi connectivity index (χ1n) is 4.59. The van der Waals surface area contributed by atoms with Crippen molar-refractivity contribution in [2.45, 2.75) is 6.92 Å². The van der Waals surface area contributed by atoms with E-state index in [1.807, 2.05) is 13.0 Å². The van der Waals surface area contributed by atoms with Crippen LogP contribution >= 0.6 is 22.9 Å². The van der Waals surface area contributed by atoms with Crippen LogP contribution < -0.4 is 10.5 Å². The van der Waals surface area contributed by atoms with Crippen LogP contribution in [0.25, 0.3) is 10.7 Å². The molecule has 0 aliphatic heterocycles. The summed E-state index contributed by atoms with van der Waals surface area (Å²) in [5.74, 6) is 0.617. The fourth-order valence-electron chi connectivity index (χ4n) is 1.11. The van der Waals surface area contributed by atoms with Gasteiger partial charge in [-0.25, -0.2) is 0 Å². The van der Waals surface area contributed by atoms with E-state index < -0.39 is 0 Å². The lowest BCUT2D eigenvalue weighted by molar-refractivity contribution is 0.312. The number of thiophene rings is 1. The summed E-state index contributed by atoms with van der Waals surface area (Å²) >= 11 is 7.21. The molecule has 7 heteroatoms. The predicted octanol–water partition coefficient (Wildman–Crippen LogP) is 2.23. The van der Waals surface area contributed by atoms with E-state index in [9.17, 15) is 0 Å². The van der Waals surface area contributed by atoms with Gasteiger partial charge < -0.3 is 10.5 Å². The summed E-state index contributed by atoms with van der Waals surface area (Å²) in [5, 5.41) is 0. The summed E-state index contributed by atoms with van der Waals surface area (Å²) in [6, 6.07) is 3.84. The van der Waals surface area contributed by atoms with Crippen LogP contribution in [0.4, 0.5) is 5.95 Å². The SMILES string of the molecule is CCOc1nc(N)nc(-c2ccc(Cl)s2)n1. The van der Waals surface area contributed by atoms with Crippen molar-refractivity contribution < 1.29 is 4.74 Å². The Bertz CT molecular complexity index is 502. The first-order valence-corrected chi connectivity index (χ1v) is 5.78. The van der Waals surface area contributed by atoms with Crippen molar-refractivity contribution in [3.8, 4) is 16.7 Å². The number of ether oxygens (including phenoxy) is 1. The molecule has 16 heavy (non-hydrogen) atoms. The predicted molar refractivity (Wildman–Crippen MR) is 63.7 cm³/mol. The summed E-state index contributed by atoms with van der Waals surface area (Å²) in [6.07, 6.45) is 0. The van der Waals surface area contributed by atoms with Crippen LogP contribution in [0.15, 0.2) is 12.1 Å². The van der Waals surface area contributed by atoms with Gasteiger partial charge in [0.05, 0.1) is 15.8 Å². The van der Waals surface area contributed by atoms with Crippen molar-refractivity contribution in [3.63, 3.8) is 0 Å². The highest BCUT2D eigenvalue weighted by molar-refractivity contribution is 7.19. The number of nitrogens with zero attached hydrogens (tertiary/aromatic N) is 3. The number of hydrogen-bond donors (Lipinski definition) is 1. The van der Waals surface area contributed by atoms with Gasteiger partial charge in [0.15, 0.2) is 5.82 Å². The Morgan fingerprint density at radius 1 is 1.38 bits per heavy atom. The molecule has 0 bridgehead atoms. The van der Waals surface area contributed by atoms with E-state index in [0.717, 1.165) is 4.88 Å². The highest BCUT2D eigenvalue weighted by Gasteiger charge is 2.09. The van der Waals surface area contributed by atoms with Gasteiger partial charge in [-0.05, 0) is 19.1 Å². The molecule has 0 unspecified atom stereocenters. The quantitative estimate of drug-likeness (QED) is 0.912. The number of anilines is 1. The standard InChI is InChI=1S/C9H9ClN4OS/c1-2-15-9-13-7(12-8(11)14-9)5-3-4-6(10)16-5/h3-4H,2H2,1H3,(H2,11,12,13,14). The minimum absolute atomic E-state index is 0.137. The third-order valence-corrected chi connectivity index (χ3v) is 2.93. The van der Waals surface area contributed by atoms with Crippen LogP contribution in [0.3, 0.4) is 0 Å². The van der Waals surface area contributed by atoms with Crippen LogP contribution in [0.5, 0.6) is 6.01 Å².